The number of hydrogen-bond donors (Lipinski definition) is 1. The maximum atomic E-state index is 11.6. The van der Waals surface area contributed by atoms with Gasteiger partial charge in [0.05, 0.1) is 0 Å². The predicted molar refractivity (Wildman–Crippen MR) is 67.0 cm³/mol. The summed E-state index contributed by atoms with van der Waals surface area (Å²) in [6.07, 6.45) is 3.55. The molecule has 0 spiro atoms. The largest absolute Gasteiger partial charge is 0.335 e. The lowest BCUT2D eigenvalue weighted by Gasteiger charge is -2.18. The second-order valence-electron chi connectivity index (χ2n) is 3.74. The van der Waals surface area contributed by atoms with Gasteiger partial charge in [0.2, 0.25) is 0 Å². The van der Waals surface area contributed by atoms with Crippen LogP contribution in [0, 0.1) is 0 Å². The van der Waals surface area contributed by atoms with Crippen LogP contribution in [0.25, 0.3) is 0 Å². The zero-order valence-corrected chi connectivity index (χ0v) is 10.6. The molecule has 1 aromatic rings. The Hall–Kier alpha value is -1.23. The fourth-order valence-corrected chi connectivity index (χ4v) is 1.73. The fraction of sp³-hybridized carbons (Fsp3) is 0.455. The number of aromatic nitrogens is 1. The third kappa shape index (κ3) is 4.53. The Morgan fingerprint density at radius 1 is 1.62 bits per heavy atom. The first-order chi connectivity index (χ1) is 7.59. The van der Waals surface area contributed by atoms with Gasteiger partial charge >= 0.3 is 6.03 Å². The van der Waals surface area contributed by atoms with Crippen molar-refractivity contribution in [1.29, 1.82) is 0 Å². The van der Waals surface area contributed by atoms with E-state index in [1.807, 2.05) is 26.0 Å². The first-order valence-electron chi connectivity index (χ1n) is 5.15. The van der Waals surface area contributed by atoms with Crippen LogP contribution in [0.2, 0.25) is 0 Å². The molecular formula is C11H17N3OS. The Morgan fingerprint density at radius 2 is 2.38 bits per heavy atom. The van der Waals surface area contributed by atoms with Crippen LogP contribution >= 0.6 is 11.9 Å². The highest BCUT2D eigenvalue weighted by Crippen LogP contribution is 2.14. The van der Waals surface area contributed by atoms with Crippen molar-refractivity contribution in [2.24, 2.45) is 0 Å². The Morgan fingerprint density at radius 3 is 2.94 bits per heavy atom. The van der Waals surface area contributed by atoms with Gasteiger partial charge in [0.25, 0.3) is 0 Å². The Labute approximate surface area is 101 Å². The van der Waals surface area contributed by atoms with E-state index in [0.29, 0.717) is 0 Å². The molecule has 0 fully saturated rings. The minimum atomic E-state index is -0.0658. The average Bonchev–Trinajstić information content (AvgIpc) is 2.26. The number of nitrogens with one attached hydrogen (secondary N) is 1. The lowest BCUT2D eigenvalue weighted by atomic mass is 10.3. The first kappa shape index (κ1) is 12.8. The fourth-order valence-electron chi connectivity index (χ4n) is 1.05. The third-order valence-corrected chi connectivity index (χ3v) is 2.86. The van der Waals surface area contributed by atoms with Crippen molar-refractivity contribution in [2.45, 2.75) is 25.6 Å². The topological polar surface area (TPSA) is 45.2 Å². The van der Waals surface area contributed by atoms with Crippen molar-refractivity contribution < 1.29 is 4.79 Å². The summed E-state index contributed by atoms with van der Waals surface area (Å²) in [4.78, 5) is 15.6. The van der Waals surface area contributed by atoms with Crippen molar-refractivity contribution in [3.63, 3.8) is 0 Å². The highest BCUT2D eigenvalue weighted by molar-refractivity contribution is 7.96. The van der Waals surface area contributed by atoms with Gasteiger partial charge in [-0.05, 0) is 37.4 Å². The number of carbonyl (C=O) groups excluding carboxylic acids is 1. The molecule has 1 rings (SSSR count). The maximum Gasteiger partial charge on any atom is 0.327 e. The molecule has 2 amide bonds. The molecule has 1 aromatic heterocycles. The van der Waals surface area contributed by atoms with Crippen LogP contribution in [0.3, 0.4) is 0 Å². The summed E-state index contributed by atoms with van der Waals surface area (Å²) in [5.41, 5.74) is 1.11. The Balaban J connectivity index is 2.35. The van der Waals surface area contributed by atoms with E-state index in [9.17, 15) is 4.79 Å². The minimum absolute atomic E-state index is 0.0658. The third-order valence-electron chi connectivity index (χ3n) is 1.85. The highest BCUT2D eigenvalue weighted by atomic mass is 32.2. The van der Waals surface area contributed by atoms with Crippen LogP contribution in [0.1, 0.15) is 19.4 Å². The average molecular weight is 239 g/mol. The molecule has 88 valence electrons. The van der Waals surface area contributed by atoms with Gasteiger partial charge in [-0.1, -0.05) is 6.07 Å². The van der Waals surface area contributed by atoms with E-state index in [1.165, 1.54) is 11.9 Å². The van der Waals surface area contributed by atoms with Crippen LogP contribution in [0.15, 0.2) is 24.5 Å². The molecule has 0 aliphatic rings. The number of pyridine rings is 1. The van der Waals surface area contributed by atoms with Crippen LogP contribution in [-0.4, -0.2) is 28.4 Å². The van der Waals surface area contributed by atoms with E-state index in [0.717, 1.165) is 11.3 Å². The van der Waals surface area contributed by atoms with E-state index in [2.05, 4.69) is 10.3 Å². The van der Waals surface area contributed by atoms with Gasteiger partial charge in [0, 0.05) is 31.2 Å². The molecule has 16 heavy (non-hydrogen) atoms. The number of rotatable bonds is 4. The molecule has 0 aliphatic carbocycles. The minimum Gasteiger partial charge on any atom is -0.335 e. The zero-order valence-electron chi connectivity index (χ0n) is 9.80. The standard InChI is InChI=1S/C11H17N3OS/c1-9(2)13-11(15)14(3)16-8-10-5-4-6-12-7-10/h4-7,9H,8H2,1-3H3,(H,13,15). The summed E-state index contributed by atoms with van der Waals surface area (Å²) in [5.74, 6) is 0.746. The molecule has 0 saturated heterocycles. The van der Waals surface area contributed by atoms with E-state index in [1.54, 1.807) is 23.7 Å². The second kappa shape index (κ2) is 6.37. The number of urea groups is 1. The molecular weight excluding hydrogens is 222 g/mol. The number of amides is 2. The smallest absolute Gasteiger partial charge is 0.327 e. The van der Waals surface area contributed by atoms with Crippen molar-refractivity contribution in [1.82, 2.24) is 14.6 Å². The molecule has 0 aromatic carbocycles. The van der Waals surface area contributed by atoms with E-state index >= 15 is 0 Å². The second-order valence-corrected chi connectivity index (χ2v) is 4.83. The molecule has 0 bridgehead atoms. The SMILES string of the molecule is CC(C)NC(=O)N(C)SCc1cccnc1. The van der Waals surface area contributed by atoms with Gasteiger partial charge in [-0.25, -0.2) is 4.79 Å². The molecule has 1 N–H and O–H groups in total. The molecule has 0 aliphatic heterocycles. The van der Waals surface area contributed by atoms with Crippen molar-refractivity contribution >= 4 is 18.0 Å². The van der Waals surface area contributed by atoms with E-state index in [4.69, 9.17) is 0 Å². The number of carbonyl (C=O) groups is 1. The summed E-state index contributed by atoms with van der Waals surface area (Å²) in [7, 11) is 1.76. The van der Waals surface area contributed by atoms with Gasteiger partial charge in [0.15, 0.2) is 0 Å². The predicted octanol–water partition coefficient (Wildman–Crippen LogP) is 2.28. The molecule has 0 atom stereocenters. The lowest BCUT2D eigenvalue weighted by molar-refractivity contribution is 0.228. The van der Waals surface area contributed by atoms with Crippen LogP contribution < -0.4 is 5.32 Å². The quantitative estimate of drug-likeness (QED) is 0.820. The normalized spacial score (nSPS) is 10.2. The van der Waals surface area contributed by atoms with Gasteiger partial charge in [-0.15, -0.1) is 0 Å². The highest BCUT2D eigenvalue weighted by Gasteiger charge is 2.09. The summed E-state index contributed by atoms with van der Waals surface area (Å²) in [5, 5.41) is 2.83. The van der Waals surface area contributed by atoms with Crippen molar-refractivity contribution in [3.8, 4) is 0 Å². The maximum absolute atomic E-state index is 11.6. The van der Waals surface area contributed by atoms with Gasteiger partial charge in [0.1, 0.15) is 0 Å². The van der Waals surface area contributed by atoms with Gasteiger partial charge < -0.3 is 5.32 Å². The molecule has 4 nitrogen and oxygen atoms in total. The molecule has 5 heteroatoms. The van der Waals surface area contributed by atoms with Crippen LogP contribution in [-0.2, 0) is 5.75 Å². The lowest BCUT2D eigenvalue weighted by Crippen LogP contribution is -2.37. The number of hydrogen-bond acceptors (Lipinski definition) is 3. The van der Waals surface area contributed by atoms with Crippen LogP contribution in [0.4, 0.5) is 4.79 Å². The van der Waals surface area contributed by atoms with Crippen molar-refractivity contribution in [3.05, 3.63) is 30.1 Å². The van der Waals surface area contributed by atoms with E-state index < -0.39 is 0 Å². The van der Waals surface area contributed by atoms with E-state index in [-0.39, 0.29) is 12.1 Å². The van der Waals surface area contributed by atoms with Gasteiger partial charge in [-0.3, -0.25) is 9.29 Å². The number of nitrogens with zero attached hydrogens (tertiary/aromatic N) is 2. The summed E-state index contributed by atoms with van der Waals surface area (Å²) in [6, 6.07) is 3.98. The van der Waals surface area contributed by atoms with Crippen LogP contribution in [0.5, 0.6) is 0 Å². The molecule has 0 radical (unpaired) electrons. The van der Waals surface area contributed by atoms with Gasteiger partial charge in [-0.2, -0.15) is 0 Å². The first-order valence-corrected chi connectivity index (χ1v) is 6.10. The molecule has 0 saturated carbocycles. The summed E-state index contributed by atoms with van der Waals surface area (Å²) < 4.78 is 1.60. The zero-order chi connectivity index (χ0) is 12.0. The summed E-state index contributed by atoms with van der Waals surface area (Å²) >= 11 is 1.46. The molecule has 1 heterocycles. The monoisotopic (exact) mass is 239 g/mol. The van der Waals surface area contributed by atoms with Crippen molar-refractivity contribution in [2.75, 3.05) is 7.05 Å². The Kier molecular flexibility index (Phi) is 5.11. The Bertz CT molecular complexity index is 329. The summed E-state index contributed by atoms with van der Waals surface area (Å²) in [6.45, 7) is 3.88. The molecule has 0 unspecified atom stereocenters.